The molecule has 0 radical (unpaired) electrons. The van der Waals surface area contributed by atoms with Gasteiger partial charge < -0.3 is 4.74 Å². The van der Waals surface area contributed by atoms with Crippen molar-refractivity contribution in [3.05, 3.63) is 27.5 Å². The molecule has 13 heavy (non-hydrogen) atoms. The Bertz CT molecular complexity index is 330. The van der Waals surface area contributed by atoms with Gasteiger partial charge in [0.25, 0.3) is 0 Å². The lowest BCUT2D eigenvalue weighted by Gasteiger charge is -2.02. The van der Waals surface area contributed by atoms with Crippen molar-refractivity contribution in [2.24, 2.45) is 0 Å². The summed E-state index contributed by atoms with van der Waals surface area (Å²) in [6, 6.07) is 3.49. The Balaban J connectivity index is 2.68. The molecule has 0 saturated heterocycles. The van der Waals surface area contributed by atoms with Crippen molar-refractivity contribution in [3.8, 4) is 0 Å². The molecule has 0 aliphatic heterocycles. The fraction of sp³-hybridized carbons (Fsp3) is 0.250. The molecule has 0 spiro atoms. The van der Waals surface area contributed by atoms with Gasteiger partial charge in [0.15, 0.2) is 0 Å². The number of rotatable bonds is 2. The molecule has 0 atom stereocenters. The summed E-state index contributed by atoms with van der Waals surface area (Å²) in [6.45, 7) is 1.50. The van der Waals surface area contributed by atoms with Crippen LogP contribution >= 0.6 is 27.5 Å². The SMILES string of the molecule is CC(=O)OCc1ccc(Br)c(Cl)n1. The van der Waals surface area contributed by atoms with E-state index in [-0.39, 0.29) is 12.6 Å². The van der Waals surface area contributed by atoms with E-state index < -0.39 is 0 Å². The molecule has 0 unspecified atom stereocenters. The van der Waals surface area contributed by atoms with Crippen LogP contribution in [0.1, 0.15) is 12.6 Å². The van der Waals surface area contributed by atoms with E-state index in [0.29, 0.717) is 10.8 Å². The lowest BCUT2D eigenvalue weighted by Crippen LogP contribution is -2.00. The van der Waals surface area contributed by atoms with Crippen LogP contribution in [0.2, 0.25) is 5.15 Å². The number of pyridine rings is 1. The maximum Gasteiger partial charge on any atom is 0.303 e. The van der Waals surface area contributed by atoms with Crippen molar-refractivity contribution in [3.63, 3.8) is 0 Å². The van der Waals surface area contributed by atoms with Crippen molar-refractivity contribution >= 4 is 33.5 Å². The highest BCUT2D eigenvalue weighted by Crippen LogP contribution is 2.19. The molecular formula is C8H7BrClNO2. The van der Waals surface area contributed by atoms with Crippen LogP contribution < -0.4 is 0 Å². The second-order valence-electron chi connectivity index (χ2n) is 2.36. The third-order valence-electron chi connectivity index (χ3n) is 1.28. The molecule has 70 valence electrons. The number of carbonyl (C=O) groups excluding carboxylic acids is 1. The minimum Gasteiger partial charge on any atom is -0.459 e. The molecule has 0 aliphatic carbocycles. The van der Waals surface area contributed by atoms with Crippen LogP contribution in [0, 0.1) is 0 Å². The fourth-order valence-corrected chi connectivity index (χ4v) is 1.10. The highest BCUT2D eigenvalue weighted by atomic mass is 79.9. The van der Waals surface area contributed by atoms with Gasteiger partial charge in [0.1, 0.15) is 11.8 Å². The van der Waals surface area contributed by atoms with Gasteiger partial charge in [-0.1, -0.05) is 11.6 Å². The average Bonchev–Trinajstić information content (AvgIpc) is 2.07. The number of nitrogens with zero attached hydrogens (tertiary/aromatic N) is 1. The first-order valence-corrected chi connectivity index (χ1v) is 4.71. The summed E-state index contributed by atoms with van der Waals surface area (Å²) in [7, 11) is 0. The summed E-state index contributed by atoms with van der Waals surface area (Å²) in [4.78, 5) is 14.5. The topological polar surface area (TPSA) is 39.2 Å². The van der Waals surface area contributed by atoms with Gasteiger partial charge in [0, 0.05) is 6.92 Å². The minimum atomic E-state index is -0.333. The first kappa shape index (κ1) is 10.5. The van der Waals surface area contributed by atoms with Gasteiger partial charge >= 0.3 is 5.97 Å². The molecule has 1 heterocycles. The summed E-state index contributed by atoms with van der Waals surface area (Å²) in [5.74, 6) is -0.333. The zero-order valence-electron chi connectivity index (χ0n) is 6.88. The molecule has 0 fully saturated rings. The molecule has 0 aliphatic rings. The van der Waals surface area contributed by atoms with E-state index in [2.05, 4.69) is 20.9 Å². The molecule has 1 rings (SSSR count). The normalized spacial score (nSPS) is 9.77. The van der Waals surface area contributed by atoms with Crippen LogP contribution in [-0.4, -0.2) is 11.0 Å². The van der Waals surface area contributed by atoms with E-state index in [1.165, 1.54) is 6.92 Å². The van der Waals surface area contributed by atoms with Crippen LogP contribution in [0.25, 0.3) is 0 Å². The van der Waals surface area contributed by atoms with Crippen molar-refractivity contribution in [2.75, 3.05) is 0 Å². The molecular weight excluding hydrogens is 257 g/mol. The van der Waals surface area contributed by atoms with Crippen LogP contribution in [0.4, 0.5) is 0 Å². The molecule has 0 bridgehead atoms. The van der Waals surface area contributed by atoms with Crippen molar-refractivity contribution in [1.82, 2.24) is 4.98 Å². The summed E-state index contributed by atoms with van der Waals surface area (Å²) >= 11 is 8.94. The van der Waals surface area contributed by atoms with Crippen LogP contribution in [0.3, 0.4) is 0 Å². The Morgan fingerprint density at radius 2 is 2.38 bits per heavy atom. The Kier molecular flexibility index (Phi) is 3.69. The molecule has 5 heteroatoms. The number of carbonyl (C=O) groups is 1. The van der Waals surface area contributed by atoms with Gasteiger partial charge in [0.2, 0.25) is 0 Å². The molecule has 0 aromatic carbocycles. The summed E-state index contributed by atoms with van der Waals surface area (Å²) < 4.78 is 5.47. The van der Waals surface area contributed by atoms with Crippen LogP contribution in [-0.2, 0) is 16.1 Å². The van der Waals surface area contributed by atoms with Crippen molar-refractivity contribution < 1.29 is 9.53 Å². The Morgan fingerprint density at radius 3 is 2.92 bits per heavy atom. The predicted molar refractivity (Wildman–Crippen MR) is 52.4 cm³/mol. The van der Waals surface area contributed by atoms with Gasteiger partial charge in [-0.3, -0.25) is 4.79 Å². The van der Waals surface area contributed by atoms with E-state index in [1.54, 1.807) is 12.1 Å². The van der Waals surface area contributed by atoms with E-state index in [4.69, 9.17) is 16.3 Å². The first-order chi connectivity index (χ1) is 6.09. The second-order valence-corrected chi connectivity index (χ2v) is 3.57. The standard InChI is InChI=1S/C8H7BrClNO2/c1-5(12)13-4-6-2-3-7(9)8(10)11-6/h2-3H,4H2,1H3. The second kappa shape index (κ2) is 4.58. The Labute approximate surface area is 89.2 Å². The van der Waals surface area contributed by atoms with E-state index >= 15 is 0 Å². The number of hydrogen-bond donors (Lipinski definition) is 0. The monoisotopic (exact) mass is 263 g/mol. The Morgan fingerprint density at radius 1 is 1.69 bits per heavy atom. The molecule has 0 N–H and O–H groups in total. The fourth-order valence-electron chi connectivity index (χ4n) is 0.711. The maximum absolute atomic E-state index is 10.5. The highest BCUT2D eigenvalue weighted by molar-refractivity contribution is 9.10. The number of ether oxygens (including phenoxy) is 1. The third-order valence-corrected chi connectivity index (χ3v) is 2.44. The van der Waals surface area contributed by atoms with E-state index in [0.717, 1.165) is 4.47 Å². The van der Waals surface area contributed by atoms with Crippen molar-refractivity contribution in [1.29, 1.82) is 0 Å². The zero-order chi connectivity index (χ0) is 9.84. The van der Waals surface area contributed by atoms with Gasteiger partial charge in [-0.15, -0.1) is 0 Å². The molecule has 1 aromatic heterocycles. The quantitative estimate of drug-likeness (QED) is 0.609. The van der Waals surface area contributed by atoms with E-state index in [1.807, 2.05) is 0 Å². The van der Waals surface area contributed by atoms with E-state index in [9.17, 15) is 4.79 Å². The first-order valence-electron chi connectivity index (χ1n) is 3.54. The number of esters is 1. The number of aromatic nitrogens is 1. The van der Waals surface area contributed by atoms with Gasteiger partial charge in [-0.05, 0) is 28.1 Å². The van der Waals surface area contributed by atoms with Gasteiger partial charge in [-0.25, -0.2) is 4.98 Å². The largest absolute Gasteiger partial charge is 0.459 e. The lowest BCUT2D eigenvalue weighted by molar-refractivity contribution is -0.142. The maximum atomic E-state index is 10.5. The Hall–Kier alpha value is -0.610. The predicted octanol–water partition coefficient (Wildman–Crippen LogP) is 2.56. The lowest BCUT2D eigenvalue weighted by atomic mass is 10.4. The third kappa shape index (κ3) is 3.32. The molecule has 0 amide bonds. The number of halogens is 2. The summed E-state index contributed by atoms with van der Waals surface area (Å²) in [6.07, 6.45) is 0. The highest BCUT2D eigenvalue weighted by Gasteiger charge is 2.01. The molecule has 0 saturated carbocycles. The number of hydrogen-bond acceptors (Lipinski definition) is 3. The molecule has 1 aromatic rings. The van der Waals surface area contributed by atoms with Crippen molar-refractivity contribution in [2.45, 2.75) is 13.5 Å². The van der Waals surface area contributed by atoms with Gasteiger partial charge in [-0.2, -0.15) is 0 Å². The van der Waals surface area contributed by atoms with Gasteiger partial charge in [0.05, 0.1) is 10.2 Å². The average molecular weight is 265 g/mol. The molecule has 3 nitrogen and oxygen atoms in total. The summed E-state index contributed by atoms with van der Waals surface area (Å²) in [5, 5.41) is 0.365. The van der Waals surface area contributed by atoms with Crippen LogP contribution in [0.15, 0.2) is 16.6 Å². The zero-order valence-corrected chi connectivity index (χ0v) is 9.22. The smallest absolute Gasteiger partial charge is 0.303 e. The minimum absolute atomic E-state index is 0.155. The summed E-state index contributed by atoms with van der Waals surface area (Å²) in [5.41, 5.74) is 0.628. The van der Waals surface area contributed by atoms with Crippen LogP contribution in [0.5, 0.6) is 0 Å².